The monoisotopic (exact) mass is 419 g/mol. The summed E-state index contributed by atoms with van der Waals surface area (Å²) < 4.78 is 5.08. The van der Waals surface area contributed by atoms with E-state index in [2.05, 4.69) is 31.3 Å². The van der Waals surface area contributed by atoms with Gasteiger partial charge in [0.25, 0.3) is 0 Å². The van der Waals surface area contributed by atoms with Crippen LogP contribution in [0.2, 0.25) is 0 Å². The fourth-order valence-electron chi connectivity index (χ4n) is 3.27. The van der Waals surface area contributed by atoms with Gasteiger partial charge in [-0.25, -0.2) is 9.78 Å². The summed E-state index contributed by atoms with van der Waals surface area (Å²) >= 11 is 0. The number of nitrogens with one attached hydrogen (secondary N) is 1. The van der Waals surface area contributed by atoms with E-state index in [9.17, 15) is 4.79 Å². The molecule has 31 heavy (non-hydrogen) atoms. The summed E-state index contributed by atoms with van der Waals surface area (Å²) in [7, 11) is 0. The molecule has 2 N–H and O–H groups in total. The summed E-state index contributed by atoms with van der Waals surface area (Å²) in [6.45, 7) is 5.15. The van der Waals surface area contributed by atoms with Crippen molar-refractivity contribution in [1.82, 2.24) is 15.3 Å². The molecule has 0 aliphatic rings. The summed E-state index contributed by atoms with van der Waals surface area (Å²) in [5.41, 5.74) is 4.29. The minimum atomic E-state index is -0.939. The zero-order chi connectivity index (χ0) is 22.1. The highest BCUT2D eigenvalue weighted by atomic mass is 16.5. The molecule has 3 rings (SSSR count). The molecule has 0 radical (unpaired) electrons. The van der Waals surface area contributed by atoms with Gasteiger partial charge >= 0.3 is 5.97 Å². The first-order valence-corrected chi connectivity index (χ1v) is 10.5. The van der Waals surface area contributed by atoms with Crippen molar-refractivity contribution >= 4 is 5.97 Å². The largest absolute Gasteiger partial charge is 0.480 e. The molecule has 0 spiro atoms. The van der Waals surface area contributed by atoms with Gasteiger partial charge in [-0.3, -0.25) is 4.98 Å². The van der Waals surface area contributed by atoms with Crippen LogP contribution in [0.4, 0.5) is 0 Å². The normalized spacial score (nSPS) is 11.4. The van der Waals surface area contributed by atoms with E-state index in [4.69, 9.17) is 19.8 Å². The van der Waals surface area contributed by atoms with Gasteiger partial charge in [0, 0.05) is 17.7 Å². The Morgan fingerprint density at radius 2 is 1.58 bits per heavy atom. The lowest BCUT2D eigenvalue weighted by Gasteiger charge is -2.26. The number of unbranched alkanes of at least 4 members (excludes halogenated alkanes) is 1. The van der Waals surface area contributed by atoms with Gasteiger partial charge < -0.3 is 15.2 Å². The molecule has 3 aromatic rings. The van der Waals surface area contributed by atoms with Gasteiger partial charge in [-0.15, -0.1) is 0 Å². The first-order valence-electron chi connectivity index (χ1n) is 10.5. The van der Waals surface area contributed by atoms with Gasteiger partial charge in [-0.1, -0.05) is 60.7 Å². The van der Waals surface area contributed by atoms with Crippen molar-refractivity contribution in [3.8, 4) is 22.5 Å². The Morgan fingerprint density at radius 1 is 0.968 bits per heavy atom. The molecule has 0 aliphatic heterocycles. The van der Waals surface area contributed by atoms with Crippen molar-refractivity contribution in [3.05, 3.63) is 72.6 Å². The number of benzene rings is 2. The third kappa shape index (κ3) is 6.44. The Balaban J connectivity index is 1.74. The Kier molecular flexibility index (Phi) is 7.87. The van der Waals surface area contributed by atoms with Crippen molar-refractivity contribution in [1.29, 1.82) is 0 Å². The number of carboxylic acid groups (broad SMARTS) is 1. The fraction of sp³-hybridized carbons (Fsp3) is 0.320. The van der Waals surface area contributed by atoms with Crippen LogP contribution in [0.5, 0.6) is 0 Å². The van der Waals surface area contributed by atoms with Crippen LogP contribution < -0.4 is 5.32 Å². The third-order valence-corrected chi connectivity index (χ3v) is 5.02. The lowest BCUT2D eigenvalue weighted by molar-refractivity contribution is -0.142. The van der Waals surface area contributed by atoms with E-state index >= 15 is 0 Å². The topological polar surface area (TPSA) is 84.3 Å². The Bertz CT molecular complexity index is 976. The lowest BCUT2D eigenvalue weighted by Crippen LogP contribution is -2.38. The number of aliphatic carboxylic acids is 1. The highest BCUT2D eigenvalue weighted by Crippen LogP contribution is 2.30. The highest BCUT2D eigenvalue weighted by molar-refractivity contribution is 5.77. The number of carboxylic acids is 1. The minimum absolute atomic E-state index is 0.245. The van der Waals surface area contributed by atoms with Crippen LogP contribution in [-0.4, -0.2) is 40.8 Å². The van der Waals surface area contributed by atoms with Crippen LogP contribution in [0.15, 0.2) is 66.9 Å². The number of hydrogen-bond acceptors (Lipinski definition) is 5. The van der Waals surface area contributed by atoms with E-state index in [1.165, 1.54) is 0 Å². The summed E-state index contributed by atoms with van der Waals surface area (Å²) in [5.74, 6) is -0.939. The van der Waals surface area contributed by atoms with Crippen LogP contribution in [0.1, 0.15) is 32.4 Å². The molecule has 1 heterocycles. The molecule has 0 saturated carbocycles. The van der Waals surface area contributed by atoms with Crippen LogP contribution in [0.3, 0.4) is 0 Å². The lowest BCUT2D eigenvalue weighted by atomic mass is 9.98. The zero-order valence-electron chi connectivity index (χ0n) is 18.0. The van der Waals surface area contributed by atoms with Gasteiger partial charge in [-0.05, 0) is 33.2 Å². The minimum Gasteiger partial charge on any atom is -0.480 e. The third-order valence-electron chi connectivity index (χ3n) is 5.02. The van der Waals surface area contributed by atoms with E-state index in [1.54, 1.807) is 0 Å². The molecule has 162 valence electrons. The summed E-state index contributed by atoms with van der Waals surface area (Å²) in [5, 5.41) is 12.1. The van der Waals surface area contributed by atoms with Gasteiger partial charge in [-0.2, -0.15) is 0 Å². The Labute approximate surface area is 183 Å². The van der Waals surface area contributed by atoms with E-state index in [0.29, 0.717) is 6.61 Å². The number of nitrogens with zero attached hydrogens (tertiary/aromatic N) is 2. The number of rotatable bonds is 11. The standard InChI is InChI=1S/C25H29N3O3/c1-25(2,27-15-9-10-16-31-18-22(29)30)21-17-26-23(19-11-5-3-6-12-19)24(28-21)20-13-7-4-8-14-20/h3-8,11-14,17,27H,9-10,15-16,18H2,1-2H3,(H,29,30). The maximum absolute atomic E-state index is 10.5. The molecule has 0 fully saturated rings. The average Bonchev–Trinajstić information content (AvgIpc) is 2.79. The maximum Gasteiger partial charge on any atom is 0.329 e. The molecule has 1 aromatic heterocycles. The zero-order valence-corrected chi connectivity index (χ0v) is 18.0. The number of aromatic nitrogens is 2. The molecule has 0 atom stereocenters. The van der Waals surface area contributed by atoms with Gasteiger partial charge in [0.1, 0.15) is 6.61 Å². The molecule has 0 aliphatic carbocycles. The van der Waals surface area contributed by atoms with Crippen molar-refractivity contribution in [2.45, 2.75) is 32.2 Å². The summed E-state index contributed by atoms with van der Waals surface area (Å²) in [4.78, 5) is 20.3. The molecule has 0 amide bonds. The van der Waals surface area contributed by atoms with Crippen LogP contribution in [-0.2, 0) is 15.1 Å². The quantitative estimate of drug-likeness (QED) is 0.445. The van der Waals surface area contributed by atoms with Crippen molar-refractivity contribution < 1.29 is 14.6 Å². The molecule has 0 unspecified atom stereocenters. The second-order valence-corrected chi connectivity index (χ2v) is 7.89. The second kappa shape index (κ2) is 10.8. The van der Waals surface area contributed by atoms with Crippen molar-refractivity contribution in [3.63, 3.8) is 0 Å². The SMILES string of the molecule is CC(C)(NCCCCOCC(=O)O)c1cnc(-c2ccccc2)c(-c2ccccc2)n1. The van der Waals surface area contributed by atoms with Gasteiger partial charge in [0.05, 0.1) is 28.8 Å². The summed E-state index contributed by atoms with van der Waals surface area (Å²) in [6, 6.07) is 20.2. The number of ether oxygens (including phenoxy) is 1. The first-order chi connectivity index (χ1) is 15.0. The predicted molar refractivity (Wildman–Crippen MR) is 122 cm³/mol. The molecule has 0 bridgehead atoms. The Hall–Kier alpha value is -3.09. The maximum atomic E-state index is 10.5. The fourth-order valence-corrected chi connectivity index (χ4v) is 3.27. The van der Waals surface area contributed by atoms with Crippen molar-refractivity contribution in [2.24, 2.45) is 0 Å². The summed E-state index contributed by atoms with van der Waals surface area (Å²) in [6.07, 6.45) is 3.52. The van der Waals surface area contributed by atoms with E-state index in [-0.39, 0.29) is 12.1 Å². The van der Waals surface area contributed by atoms with Crippen molar-refractivity contribution in [2.75, 3.05) is 19.8 Å². The average molecular weight is 420 g/mol. The number of carbonyl (C=O) groups is 1. The molecule has 2 aromatic carbocycles. The molecular formula is C25H29N3O3. The van der Waals surface area contributed by atoms with Crippen LogP contribution in [0.25, 0.3) is 22.5 Å². The van der Waals surface area contributed by atoms with E-state index in [1.807, 2.05) is 54.7 Å². The molecule has 6 heteroatoms. The van der Waals surface area contributed by atoms with E-state index in [0.717, 1.165) is 47.6 Å². The Morgan fingerprint density at radius 3 is 2.19 bits per heavy atom. The van der Waals surface area contributed by atoms with Crippen LogP contribution in [0, 0.1) is 0 Å². The van der Waals surface area contributed by atoms with Crippen LogP contribution >= 0.6 is 0 Å². The smallest absolute Gasteiger partial charge is 0.329 e. The molecule has 0 saturated heterocycles. The number of hydrogen-bond donors (Lipinski definition) is 2. The predicted octanol–water partition coefficient (Wildman–Crippen LogP) is 4.52. The second-order valence-electron chi connectivity index (χ2n) is 7.89. The molecular weight excluding hydrogens is 390 g/mol. The highest BCUT2D eigenvalue weighted by Gasteiger charge is 2.24. The first kappa shape index (κ1) is 22.6. The van der Waals surface area contributed by atoms with E-state index < -0.39 is 5.97 Å². The molecule has 6 nitrogen and oxygen atoms in total. The van der Waals surface area contributed by atoms with Gasteiger partial charge in [0.2, 0.25) is 0 Å². The van der Waals surface area contributed by atoms with Gasteiger partial charge in [0.15, 0.2) is 0 Å².